The predicted molar refractivity (Wildman–Crippen MR) is 50.1 cm³/mol. The van der Waals surface area contributed by atoms with Crippen LogP contribution in [0.3, 0.4) is 0 Å². The van der Waals surface area contributed by atoms with Crippen molar-refractivity contribution in [3.05, 3.63) is 18.2 Å². The van der Waals surface area contributed by atoms with Crippen LogP contribution in [0.1, 0.15) is 5.82 Å². The lowest BCUT2D eigenvalue weighted by Crippen LogP contribution is -2.23. The van der Waals surface area contributed by atoms with Gasteiger partial charge in [-0.05, 0) is 14.0 Å². The number of imidazole rings is 1. The summed E-state index contributed by atoms with van der Waals surface area (Å²) < 4.78 is 2.08. The maximum atomic E-state index is 8.44. The molecule has 0 amide bonds. The fourth-order valence-electron chi connectivity index (χ4n) is 1.12. The third-order valence-electron chi connectivity index (χ3n) is 1.99. The van der Waals surface area contributed by atoms with E-state index in [0.717, 1.165) is 18.9 Å². The van der Waals surface area contributed by atoms with Crippen LogP contribution in [0.5, 0.6) is 0 Å². The fourth-order valence-corrected chi connectivity index (χ4v) is 1.12. The zero-order valence-corrected chi connectivity index (χ0v) is 8.06. The lowest BCUT2D eigenvalue weighted by molar-refractivity contribution is 0.352. The summed E-state index contributed by atoms with van der Waals surface area (Å²) in [4.78, 5) is 6.11. The molecule has 0 aliphatic carbocycles. The molecule has 1 aromatic heterocycles. The van der Waals surface area contributed by atoms with E-state index in [-0.39, 0.29) is 0 Å². The van der Waals surface area contributed by atoms with Crippen molar-refractivity contribution < 1.29 is 0 Å². The fraction of sp³-hybridized carbons (Fsp3) is 0.556. The first kappa shape index (κ1) is 9.75. The maximum absolute atomic E-state index is 8.44. The molecule has 4 nitrogen and oxygen atoms in total. The molecule has 0 unspecified atom stereocenters. The third-order valence-corrected chi connectivity index (χ3v) is 1.99. The molecular formula is C9H14N4. The molecule has 0 aliphatic rings. The highest BCUT2D eigenvalue weighted by Crippen LogP contribution is 1.95. The van der Waals surface area contributed by atoms with Crippen molar-refractivity contribution in [3.8, 4) is 6.07 Å². The third kappa shape index (κ3) is 2.88. The van der Waals surface area contributed by atoms with Gasteiger partial charge in [0.2, 0.25) is 0 Å². The first-order valence-electron chi connectivity index (χ1n) is 4.27. The minimum absolute atomic E-state index is 0.480. The molecule has 0 spiro atoms. The zero-order chi connectivity index (χ0) is 9.68. The van der Waals surface area contributed by atoms with Gasteiger partial charge in [-0.15, -0.1) is 0 Å². The molecule has 0 radical (unpaired) electrons. The van der Waals surface area contributed by atoms with Crippen molar-refractivity contribution in [2.24, 2.45) is 0 Å². The lowest BCUT2D eigenvalue weighted by Gasteiger charge is -2.12. The van der Waals surface area contributed by atoms with Gasteiger partial charge in [0.25, 0.3) is 0 Å². The average Bonchev–Trinajstić information content (AvgIpc) is 2.48. The van der Waals surface area contributed by atoms with Gasteiger partial charge in [0, 0.05) is 25.5 Å². The number of rotatable bonds is 4. The Balaban J connectivity index is 2.36. The van der Waals surface area contributed by atoms with Gasteiger partial charge in [-0.25, -0.2) is 4.98 Å². The summed E-state index contributed by atoms with van der Waals surface area (Å²) in [6, 6.07) is 2.11. The summed E-state index contributed by atoms with van der Waals surface area (Å²) in [6.45, 7) is 4.23. The minimum atomic E-state index is 0.480. The molecule has 0 saturated carbocycles. The summed E-state index contributed by atoms with van der Waals surface area (Å²) in [7, 11) is 1.94. The van der Waals surface area contributed by atoms with Gasteiger partial charge in [0.05, 0.1) is 12.6 Å². The van der Waals surface area contributed by atoms with E-state index >= 15 is 0 Å². The van der Waals surface area contributed by atoms with Crippen molar-refractivity contribution in [1.82, 2.24) is 14.5 Å². The van der Waals surface area contributed by atoms with Crippen molar-refractivity contribution in [3.63, 3.8) is 0 Å². The smallest absolute Gasteiger partial charge is 0.105 e. The molecule has 13 heavy (non-hydrogen) atoms. The molecule has 0 aliphatic heterocycles. The van der Waals surface area contributed by atoms with E-state index in [0.29, 0.717) is 6.54 Å². The Hall–Kier alpha value is -1.34. The number of likely N-dealkylation sites (N-methyl/N-ethyl adjacent to an activating group) is 1. The molecule has 0 atom stereocenters. The molecule has 0 saturated heterocycles. The maximum Gasteiger partial charge on any atom is 0.105 e. The van der Waals surface area contributed by atoms with Crippen LogP contribution in [0.4, 0.5) is 0 Å². The highest BCUT2D eigenvalue weighted by atomic mass is 15.1. The van der Waals surface area contributed by atoms with E-state index in [1.807, 2.05) is 25.1 Å². The van der Waals surface area contributed by atoms with Gasteiger partial charge >= 0.3 is 0 Å². The van der Waals surface area contributed by atoms with Crippen LogP contribution >= 0.6 is 0 Å². The monoisotopic (exact) mass is 178 g/mol. The van der Waals surface area contributed by atoms with Gasteiger partial charge in [-0.1, -0.05) is 0 Å². The number of nitriles is 1. The number of hydrogen-bond acceptors (Lipinski definition) is 3. The van der Waals surface area contributed by atoms with Gasteiger partial charge in [-0.2, -0.15) is 5.26 Å². The molecule has 0 bridgehead atoms. The molecule has 0 aromatic carbocycles. The van der Waals surface area contributed by atoms with Gasteiger partial charge in [0.15, 0.2) is 0 Å². The molecule has 1 aromatic rings. The van der Waals surface area contributed by atoms with Crippen LogP contribution in [0.2, 0.25) is 0 Å². The van der Waals surface area contributed by atoms with Crippen LogP contribution in [0.25, 0.3) is 0 Å². The van der Waals surface area contributed by atoms with Crippen LogP contribution in [-0.2, 0) is 6.54 Å². The molecule has 0 N–H and O–H groups in total. The molecule has 70 valence electrons. The highest BCUT2D eigenvalue weighted by molar-refractivity contribution is 4.88. The Labute approximate surface area is 78.4 Å². The predicted octanol–water partition coefficient (Wildman–Crippen LogP) is 0.647. The Morgan fingerprint density at radius 1 is 1.69 bits per heavy atom. The van der Waals surface area contributed by atoms with Crippen molar-refractivity contribution in [2.45, 2.75) is 13.5 Å². The SMILES string of the molecule is Cc1nccn1CCN(C)CC#N. The first-order chi connectivity index (χ1) is 6.24. The molecule has 0 fully saturated rings. The lowest BCUT2D eigenvalue weighted by atomic mass is 10.5. The highest BCUT2D eigenvalue weighted by Gasteiger charge is 1.99. The van der Waals surface area contributed by atoms with Crippen molar-refractivity contribution in [2.75, 3.05) is 20.1 Å². The minimum Gasteiger partial charge on any atom is -0.334 e. The second-order valence-electron chi connectivity index (χ2n) is 3.06. The normalized spacial score (nSPS) is 10.3. The first-order valence-corrected chi connectivity index (χ1v) is 4.27. The van der Waals surface area contributed by atoms with E-state index in [1.54, 1.807) is 6.20 Å². The van der Waals surface area contributed by atoms with Crippen LogP contribution < -0.4 is 0 Å². The standard InChI is InChI=1S/C9H14N4/c1-9-11-4-6-13(9)8-7-12(2)5-3-10/h4,6H,5,7-8H2,1-2H3. The summed E-state index contributed by atoms with van der Waals surface area (Å²) in [5.74, 6) is 1.02. The summed E-state index contributed by atoms with van der Waals surface area (Å²) in [5.41, 5.74) is 0. The van der Waals surface area contributed by atoms with Gasteiger partial charge < -0.3 is 4.57 Å². The van der Waals surface area contributed by atoms with E-state index < -0.39 is 0 Å². The molecule has 1 heterocycles. The number of nitrogens with zero attached hydrogens (tertiary/aromatic N) is 4. The average molecular weight is 178 g/mol. The second-order valence-corrected chi connectivity index (χ2v) is 3.06. The Kier molecular flexibility index (Phi) is 3.47. The topological polar surface area (TPSA) is 44.9 Å². The van der Waals surface area contributed by atoms with E-state index in [4.69, 9.17) is 5.26 Å². The van der Waals surface area contributed by atoms with Crippen LogP contribution in [0.15, 0.2) is 12.4 Å². The van der Waals surface area contributed by atoms with Crippen LogP contribution in [0, 0.1) is 18.3 Å². The number of hydrogen-bond donors (Lipinski definition) is 0. The van der Waals surface area contributed by atoms with Gasteiger partial charge in [0.1, 0.15) is 5.82 Å². The Morgan fingerprint density at radius 2 is 2.46 bits per heavy atom. The second kappa shape index (κ2) is 4.63. The molecule has 4 heteroatoms. The Bertz CT molecular complexity index is 297. The van der Waals surface area contributed by atoms with E-state index in [1.165, 1.54) is 0 Å². The largest absolute Gasteiger partial charge is 0.334 e. The van der Waals surface area contributed by atoms with Crippen LogP contribution in [-0.4, -0.2) is 34.6 Å². The van der Waals surface area contributed by atoms with E-state index in [9.17, 15) is 0 Å². The zero-order valence-electron chi connectivity index (χ0n) is 8.06. The molecular weight excluding hydrogens is 164 g/mol. The Morgan fingerprint density at radius 3 is 3.00 bits per heavy atom. The summed E-state index contributed by atoms with van der Waals surface area (Å²) in [5, 5.41) is 8.44. The van der Waals surface area contributed by atoms with Crippen molar-refractivity contribution >= 4 is 0 Å². The van der Waals surface area contributed by atoms with Gasteiger partial charge in [-0.3, -0.25) is 4.90 Å². The molecule has 1 rings (SSSR count). The van der Waals surface area contributed by atoms with E-state index in [2.05, 4.69) is 15.6 Å². The summed E-state index contributed by atoms with van der Waals surface area (Å²) >= 11 is 0. The number of aromatic nitrogens is 2. The van der Waals surface area contributed by atoms with Crippen molar-refractivity contribution in [1.29, 1.82) is 5.26 Å². The summed E-state index contributed by atoms with van der Waals surface area (Å²) in [6.07, 6.45) is 3.75. The number of aryl methyl sites for hydroxylation is 1. The quantitative estimate of drug-likeness (QED) is 0.636.